The van der Waals surface area contributed by atoms with Crippen LogP contribution < -0.4 is 0 Å². The van der Waals surface area contributed by atoms with Crippen molar-refractivity contribution in [2.45, 2.75) is 89.7 Å². The van der Waals surface area contributed by atoms with E-state index >= 15 is 0 Å². The zero-order valence-corrected chi connectivity index (χ0v) is 16.3. The van der Waals surface area contributed by atoms with E-state index in [9.17, 15) is 0 Å². The van der Waals surface area contributed by atoms with E-state index in [-0.39, 0.29) is 0 Å². The number of rotatable bonds is 7. The molecule has 6 rings (SSSR count). The molecular weight excluding hydrogens is 320 g/mol. The smallest absolute Gasteiger partial charge is 0.0946 e. The number of hydrogen-bond acceptors (Lipinski definition) is 2. The van der Waals surface area contributed by atoms with E-state index in [1.165, 1.54) is 77.0 Å². The minimum Gasteiger partial charge on any atom is -0.376 e. The third-order valence-corrected chi connectivity index (χ3v) is 8.27. The van der Waals surface area contributed by atoms with Crippen LogP contribution in [0, 0.1) is 29.1 Å². The summed E-state index contributed by atoms with van der Waals surface area (Å²) >= 11 is 0. The second-order valence-electron chi connectivity index (χ2n) is 10.2. The third-order valence-electron chi connectivity index (χ3n) is 8.27. The summed E-state index contributed by atoms with van der Waals surface area (Å²) in [6.45, 7) is 1.99. The Morgan fingerprint density at radius 3 is 2.31 bits per heavy atom. The van der Waals surface area contributed by atoms with Gasteiger partial charge in [-0.3, -0.25) is 0 Å². The van der Waals surface area contributed by atoms with Crippen LogP contribution in [0.25, 0.3) is 0 Å². The molecule has 5 saturated carbocycles. The summed E-state index contributed by atoms with van der Waals surface area (Å²) in [6.07, 6.45) is 23.8. The predicted octanol–water partition coefficient (Wildman–Crippen LogP) is 5.46. The van der Waals surface area contributed by atoms with Gasteiger partial charge in [0.2, 0.25) is 0 Å². The first kappa shape index (κ1) is 17.3. The van der Waals surface area contributed by atoms with Crippen molar-refractivity contribution in [3.63, 3.8) is 0 Å². The van der Waals surface area contributed by atoms with Gasteiger partial charge in [0.05, 0.1) is 19.0 Å². The first-order valence-corrected chi connectivity index (χ1v) is 11.4. The van der Waals surface area contributed by atoms with E-state index < -0.39 is 0 Å². The van der Waals surface area contributed by atoms with Crippen LogP contribution in [0.4, 0.5) is 0 Å². The molecule has 3 heteroatoms. The zero-order valence-electron chi connectivity index (χ0n) is 16.3. The van der Waals surface area contributed by atoms with Crippen molar-refractivity contribution < 1.29 is 4.74 Å². The molecule has 1 aromatic rings. The normalized spacial score (nSPS) is 37.9. The molecule has 0 aliphatic heterocycles. The average Bonchev–Trinajstić information content (AvgIpc) is 3.14. The standard InChI is InChI=1S/C23H36N2O/c1-2-4-18(5-3-1)6-9-26-22(16-25-8-7-24-17-25)23-13-19-10-20(14-23)12-21(11-19)15-23/h7-8,17-22H,1-6,9-16H2. The molecule has 26 heavy (non-hydrogen) atoms. The Kier molecular flexibility index (Phi) is 4.85. The fourth-order valence-corrected chi connectivity index (χ4v) is 7.43. The molecule has 0 aromatic carbocycles. The van der Waals surface area contributed by atoms with Crippen LogP contribution in [-0.2, 0) is 11.3 Å². The van der Waals surface area contributed by atoms with E-state index in [4.69, 9.17) is 4.74 Å². The van der Waals surface area contributed by atoms with E-state index in [0.717, 1.165) is 36.8 Å². The fraction of sp³-hybridized carbons (Fsp3) is 0.870. The fourth-order valence-electron chi connectivity index (χ4n) is 7.43. The molecule has 144 valence electrons. The lowest BCUT2D eigenvalue weighted by Gasteiger charge is -2.59. The summed E-state index contributed by atoms with van der Waals surface area (Å²) in [7, 11) is 0. The second-order valence-corrected chi connectivity index (χ2v) is 10.2. The molecule has 0 N–H and O–H groups in total. The maximum absolute atomic E-state index is 6.75. The summed E-state index contributed by atoms with van der Waals surface area (Å²) in [5.74, 6) is 3.91. The molecule has 5 aliphatic rings. The van der Waals surface area contributed by atoms with Crippen molar-refractivity contribution in [3.05, 3.63) is 18.7 Å². The predicted molar refractivity (Wildman–Crippen MR) is 104 cm³/mol. The number of nitrogens with zero attached hydrogens (tertiary/aromatic N) is 2. The van der Waals surface area contributed by atoms with Gasteiger partial charge in [-0.2, -0.15) is 0 Å². The van der Waals surface area contributed by atoms with Crippen molar-refractivity contribution in [3.8, 4) is 0 Å². The van der Waals surface area contributed by atoms with Gasteiger partial charge in [-0.25, -0.2) is 4.98 Å². The molecule has 3 nitrogen and oxygen atoms in total. The molecule has 0 saturated heterocycles. The quantitative estimate of drug-likeness (QED) is 0.649. The van der Waals surface area contributed by atoms with Gasteiger partial charge in [-0.15, -0.1) is 0 Å². The lowest BCUT2D eigenvalue weighted by molar-refractivity contribution is -0.148. The van der Waals surface area contributed by atoms with Crippen molar-refractivity contribution in [2.75, 3.05) is 6.61 Å². The molecule has 0 amide bonds. The van der Waals surface area contributed by atoms with Crippen molar-refractivity contribution in [2.24, 2.45) is 29.1 Å². The summed E-state index contributed by atoms with van der Waals surface area (Å²) in [5.41, 5.74) is 0.464. The van der Waals surface area contributed by atoms with Crippen LogP contribution in [0.5, 0.6) is 0 Å². The number of ether oxygens (including phenoxy) is 1. The Hall–Kier alpha value is -0.830. The van der Waals surface area contributed by atoms with Crippen LogP contribution in [0.1, 0.15) is 77.0 Å². The summed E-state index contributed by atoms with van der Waals surface area (Å²) < 4.78 is 9.02. The van der Waals surface area contributed by atoms with Crippen molar-refractivity contribution in [1.82, 2.24) is 9.55 Å². The van der Waals surface area contributed by atoms with E-state index in [0.29, 0.717) is 11.5 Å². The highest BCUT2D eigenvalue weighted by molar-refractivity contribution is 5.05. The molecule has 1 heterocycles. The molecule has 0 spiro atoms. The van der Waals surface area contributed by atoms with Gasteiger partial charge in [-0.05, 0) is 74.0 Å². The molecule has 5 aliphatic carbocycles. The van der Waals surface area contributed by atoms with Crippen LogP contribution in [-0.4, -0.2) is 22.3 Å². The van der Waals surface area contributed by atoms with Gasteiger partial charge >= 0.3 is 0 Å². The van der Waals surface area contributed by atoms with Crippen LogP contribution in [0.2, 0.25) is 0 Å². The highest BCUT2D eigenvalue weighted by Crippen LogP contribution is 2.62. The van der Waals surface area contributed by atoms with Gasteiger partial charge in [0, 0.05) is 19.0 Å². The molecule has 4 bridgehead atoms. The summed E-state index contributed by atoms with van der Waals surface area (Å²) in [6, 6.07) is 0. The lowest BCUT2D eigenvalue weighted by Crippen LogP contribution is -2.53. The highest BCUT2D eigenvalue weighted by atomic mass is 16.5. The summed E-state index contributed by atoms with van der Waals surface area (Å²) in [5, 5.41) is 0. The SMILES string of the molecule is c1cn(CC(OCCC2CCCCC2)C23CC4CC(CC(C4)C2)C3)cn1. The topological polar surface area (TPSA) is 27.1 Å². The number of aromatic nitrogens is 2. The number of imidazole rings is 1. The van der Waals surface area contributed by atoms with Gasteiger partial charge in [0.1, 0.15) is 0 Å². The Morgan fingerprint density at radius 2 is 1.69 bits per heavy atom. The molecule has 1 unspecified atom stereocenters. The summed E-state index contributed by atoms with van der Waals surface area (Å²) in [4.78, 5) is 4.28. The van der Waals surface area contributed by atoms with Crippen molar-refractivity contribution >= 4 is 0 Å². The highest BCUT2D eigenvalue weighted by Gasteiger charge is 2.54. The molecule has 0 radical (unpaired) electrons. The van der Waals surface area contributed by atoms with Crippen molar-refractivity contribution in [1.29, 1.82) is 0 Å². The largest absolute Gasteiger partial charge is 0.376 e. The maximum atomic E-state index is 6.75. The minimum absolute atomic E-state index is 0.397. The Labute approximate surface area is 158 Å². The van der Waals surface area contributed by atoms with Gasteiger partial charge in [0.15, 0.2) is 0 Å². The van der Waals surface area contributed by atoms with Crippen LogP contribution in [0.3, 0.4) is 0 Å². The van der Waals surface area contributed by atoms with Gasteiger partial charge < -0.3 is 9.30 Å². The average molecular weight is 357 g/mol. The zero-order chi connectivity index (χ0) is 17.4. The first-order valence-electron chi connectivity index (χ1n) is 11.4. The maximum Gasteiger partial charge on any atom is 0.0946 e. The Morgan fingerprint density at radius 1 is 1.00 bits per heavy atom. The van der Waals surface area contributed by atoms with Gasteiger partial charge in [0.25, 0.3) is 0 Å². The third kappa shape index (κ3) is 3.48. The Balaban J connectivity index is 1.28. The van der Waals surface area contributed by atoms with E-state index in [1.54, 1.807) is 0 Å². The molecule has 1 aromatic heterocycles. The molecule has 5 fully saturated rings. The first-order chi connectivity index (χ1) is 12.8. The molecule has 1 atom stereocenters. The minimum atomic E-state index is 0.397. The lowest BCUT2D eigenvalue weighted by atomic mass is 9.48. The Bertz CT molecular complexity index is 540. The van der Waals surface area contributed by atoms with Gasteiger partial charge in [-0.1, -0.05) is 32.1 Å². The monoisotopic (exact) mass is 356 g/mol. The second kappa shape index (κ2) is 7.30. The molecular formula is C23H36N2O. The van der Waals surface area contributed by atoms with Crippen LogP contribution >= 0.6 is 0 Å². The van der Waals surface area contributed by atoms with E-state index in [1.807, 2.05) is 12.5 Å². The van der Waals surface area contributed by atoms with E-state index in [2.05, 4.69) is 15.7 Å². The van der Waals surface area contributed by atoms with Crippen LogP contribution in [0.15, 0.2) is 18.7 Å². The number of hydrogen-bond donors (Lipinski definition) is 0.